The van der Waals surface area contributed by atoms with Gasteiger partial charge in [-0.15, -0.1) is 0 Å². The van der Waals surface area contributed by atoms with Crippen molar-refractivity contribution in [1.29, 1.82) is 0 Å². The minimum Gasteiger partial charge on any atom is -0.465 e. The van der Waals surface area contributed by atoms with Crippen LogP contribution in [0.25, 0.3) is 0 Å². The Balaban J connectivity index is 1.67. The van der Waals surface area contributed by atoms with Gasteiger partial charge in [-0.25, -0.2) is 4.79 Å². The van der Waals surface area contributed by atoms with Crippen LogP contribution in [0.5, 0.6) is 0 Å². The molecule has 1 aliphatic carbocycles. The van der Waals surface area contributed by atoms with Crippen molar-refractivity contribution in [3.05, 3.63) is 17.5 Å². The summed E-state index contributed by atoms with van der Waals surface area (Å²) < 4.78 is 12.2. The van der Waals surface area contributed by atoms with Gasteiger partial charge in [-0.3, -0.25) is 9.48 Å². The van der Waals surface area contributed by atoms with Crippen molar-refractivity contribution in [1.82, 2.24) is 14.7 Å². The van der Waals surface area contributed by atoms with E-state index in [9.17, 15) is 9.59 Å². The maximum Gasteiger partial charge on any atom is 0.410 e. The minimum absolute atomic E-state index is 0.151. The van der Waals surface area contributed by atoms with Crippen LogP contribution in [0.1, 0.15) is 44.9 Å². The Hall–Kier alpha value is -2.05. The van der Waals surface area contributed by atoms with Gasteiger partial charge in [0.05, 0.1) is 12.8 Å². The summed E-state index contributed by atoms with van der Waals surface area (Å²) in [6.07, 6.45) is 2.41. The number of rotatable bonds is 3. The van der Waals surface area contributed by atoms with E-state index in [1.54, 1.807) is 16.5 Å². The highest BCUT2D eigenvalue weighted by Gasteiger charge is 2.44. The first kappa shape index (κ1) is 16.8. The van der Waals surface area contributed by atoms with E-state index in [-0.39, 0.29) is 24.5 Å². The van der Waals surface area contributed by atoms with Crippen LogP contribution in [0.3, 0.4) is 0 Å². The summed E-state index contributed by atoms with van der Waals surface area (Å²) in [4.78, 5) is 25.7. The van der Waals surface area contributed by atoms with Gasteiger partial charge in [0.2, 0.25) is 0 Å². The molecule has 1 aromatic heterocycles. The van der Waals surface area contributed by atoms with Crippen molar-refractivity contribution >= 4 is 12.1 Å². The molecule has 3 rings (SSSR count). The van der Waals surface area contributed by atoms with Crippen molar-refractivity contribution in [3.8, 4) is 0 Å². The van der Waals surface area contributed by atoms with Gasteiger partial charge in [0.25, 0.3) is 0 Å². The molecule has 1 saturated heterocycles. The fourth-order valence-corrected chi connectivity index (χ4v) is 3.58. The monoisotopic (exact) mass is 335 g/mol. The molecular weight excluding hydrogens is 310 g/mol. The van der Waals surface area contributed by atoms with Crippen LogP contribution in [-0.2, 0) is 27.2 Å². The summed E-state index contributed by atoms with van der Waals surface area (Å²) in [5, 5.41) is 4.33. The predicted molar refractivity (Wildman–Crippen MR) is 86.6 cm³/mol. The molecule has 1 aliphatic heterocycles. The number of carbonyl (C=O) groups excluding carboxylic acids is 2. The third-order valence-electron chi connectivity index (χ3n) is 4.51. The molecule has 7 nitrogen and oxygen atoms in total. The molecule has 0 spiro atoms. The SMILES string of the molecule is CCOC(=O)Cn1ncc2c1CC1CN(C(=O)OC(C)(C)C)CC21. The Morgan fingerprint density at radius 3 is 2.75 bits per heavy atom. The first-order valence-corrected chi connectivity index (χ1v) is 8.46. The predicted octanol–water partition coefficient (Wildman–Crippen LogP) is 1.95. The van der Waals surface area contributed by atoms with E-state index in [4.69, 9.17) is 9.47 Å². The molecule has 1 amide bonds. The molecule has 0 saturated carbocycles. The lowest BCUT2D eigenvalue weighted by molar-refractivity contribution is -0.144. The molecule has 1 fully saturated rings. The van der Waals surface area contributed by atoms with Crippen LogP contribution in [0.2, 0.25) is 0 Å². The molecule has 7 heteroatoms. The normalized spacial score (nSPS) is 22.2. The number of fused-ring (bicyclic) bond motifs is 3. The largest absolute Gasteiger partial charge is 0.465 e. The lowest BCUT2D eigenvalue weighted by Crippen LogP contribution is -2.35. The van der Waals surface area contributed by atoms with Gasteiger partial charge in [-0.1, -0.05) is 0 Å². The molecule has 0 N–H and O–H groups in total. The number of aromatic nitrogens is 2. The van der Waals surface area contributed by atoms with Gasteiger partial charge < -0.3 is 14.4 Å². The second kappa shape index (κ2) is 6.11. The van der Waals surface area contributed by atoms with Gasteiger partial charge in [-0.05, 0) is 45.6 Å². The Morgan fingerprint density at radius 1 is 1.33 bits per heavy atom. The fraction of sp³-hybridized carbons (Fsp3) is 0.706. The molecule has 2 aliphatic rings. The van der Waals surface area contributed by atoms with Gasteiger partial charge >= 0.3 is 12.1 Å². The van der Waals surface area contributed by atoms with Crippen LogP contribution in [0.4, 0.5) is 4.79 Å². The van der Waals surface area contributed by atoms with Gasteiger partial charge in [-0.2, -0.15) is 5.10 Å². The van der Waals surface area contributed by atoms with Crippen molar-refractivity contribution in [2.45, 2.75) is 52.2 Å². The first-order valence-electron chi connectivity index (χ1n) is 8.46. The molecule has 2 heterocycles. The maximum atomic E-state index is 12.2. The highest BCUT2D eigenvalue weighted by molar-refractivity contribution is 5.70. The highest BCUT2D eigenvalue weighted by atomic mass is 16.6. The number of hydrogen-bond donors (Lipinski definition) is 0. The molecule has 0 radical (unpaired) electrons. The van der Waals surface area contributed by atoms with E-state index >= 15 is 0 Å². The van der Waals surface area contributed by atoms with E-state index in [1.807, 2.05) is 27.0 Å². The number of esters is 1. The van der Waals surface area contributed by atoms with E-state index in [0.717, 1.165) is 17.7 Å². The van der Waals surface area contributed by atoms with Crippen LogP contribution in [0, 0.1) is 5.92 Å². The number of amides is 1. The van der Waals surface area contributed by atoms with Crippen molar-refractivity contribution in [2.24, 2.45) is 5.92 Å². The van der Waals surface area contributed by atoms with E-state index in [0.29, 0.717) is 25.6 Å². The van der Waals surface area contributed by atoms with Crippen molar-refractivity contribution < 1.29 is 19.1 Å². The van der Waals surface area contributed by atoms with E-state index in [1.165, 1.54) is 0 Å². The summed E-state index contributed by atoms with van der Waals surface area (Å²) in [6.45, 7) is 9.28. The van der Waals surface area contributed by atoms with Crippen LogP contribution in [0.15, 0.2) is 6.20 Å². The smallest absolute Gasteiger partial charge is 0.410 e. The average Bonchev–Trinajstić information content (AvgIpc) is 3.09. The Labute approximate surface area is 141 Å². The summed E-state index contributed by atoms with van der Waals surface area (Å²) in [5.41, 5.74) is 1.77. The van der Waals surface area contributed by atoms with Crippen molar-refractivity contribution in [3.63, 3.8) is 0 Å². The minimum atomic E-state index is -0.482. The van der Waals surface area contributed by atoms with Crippen LogP contribution < -0.4 is 0 Å². The second-order valence-corrected chi connectivity index (χ2v) is 7.47. The third kappa shape index (κ3) is 3.25. The average molecular weight is 335 g/mol. The fourth-order valence-electron chi connectivity index (χ4n) is 3.58. The molecular formula is C17H25N3O4. The van der Waals surface area contributed by atoms with E-state index in [2.05, 4.69) is 5.10 Å². The third-order valence-corrected chi connectivity index (χ3v) is 4.51. The lowest BCUT2D eigenvalue weighted by atomic mass is 9.98. The summed E-state index contributed by atoms with van der Waals surface area (Å²) >= 11 is 0. The number of carbonyl (C=O) groups is 2. The summed E-state index contributed by atoms with van der Waals surface area (Å²) in [5.74, 6) is 0.387. The number of likely N-dealkylation sites (tertiary alicyclic amines) is 1. The quantitative estimate of drug-likeness (QED) is 0.790. The molecule has 2 atom stereocenters. The Morgan fingerprint density at radius 2 is 2.08 bits per heavy atom. The highest BCUT2D eigenvalue weighted by Crippen LogP contribution is 2.43. The molecule has 24 heavy (non-hydrogen) atoms. The number of nitrogens with zero attached hydrogens (tertiary/aromatic N) is 3. The summed E-state index contributed by atoms with van der Waals surface area (Å²) in [6, 6.07) is 0. The second-order valence-electron chi connectivity index (χ2n) is 7.47. The lowest BCUT2D eigenvalue weighted by Gasteiger charge is -2.24. The van der Waals surface area contributed by atoms with Gasteiger partial charge in [0.1, 0.15) is 12.1 Å². The van der Waals surface area contributed by atoms with Gasteiger partial charge in [0, 0.05) is 24.7 Å². The Bertz CT molecular complexity index is 647. The zero-order valence-corrected chi connectivity index (χ0v) is 14.7. The van der Waals surface area contributed by atoms with Crippen LogP contribution in [-0.4, -0.2) is 52.0 Å². The zero-order valence-electron chi connectivity index (χ0n) is 14.7. The van der Waals surface area contributed by atoms with E-state index < -0.39 is 5.60 Å². The molecule has 1 aromatic rings. The molecule has 0 bridgehead atoms. The number of hydrogen-bond acceptors (Lipinski definition) is 5. The van der Waals surface area contributed by atoms with Crippen molar-refractivity contribution in [2.75, 3.05) is 19.7 Å². The molecule has 2 unspecified atom stereocenters. The van der Waals surface area contributed by atoms with Gasteiger partial charge in [0.15, 0.2) is 0 Å². The maximum absolute atomic E-state index is 12.2. The topological polar surface area (TPSA) is 73.7 Å². The van der Waals surface area contributed by atoms with Crippen LogP contribution >= 0.6 is 0 Å². The number of ether oxygens (including phenoxy) is 2. The standard InChI is InChI=1S/C17H25N3O4/c1-5-23-15(21)10-20-14-6-11-8-19(16(22)24-17(2,3)4)9-13(11)12(14)7-18-20/h7,11,13H,5-6,8-10H2,1-4H3. The Kier molecular flexibility index (Phi) is 4.27. The summed E-state index contributed by atoms with van der Waals surface area (Å²) in [7, 11) is 0. The molecule has 132 valence electrons. The first-order chi connectivity index (χ1) is 11.3. The zero-order chi connectivity index (χ0) is 17.5. The molecule has 0 aromatic carbocycles.